The summed E-state index contributed by atoms with van der Waals surface area (Å²) in [4.78, 5) is 23.3. The molecule has 1 aromatic rings. The quantitative estimate of drug-likeness (QED) is 0.848. The SMILES string of the molecule is CC(C)(CCC(=O)N[C@@H]1CCC[C@@H]1C(=O)O)c1ccccc1. The standard InChI is InChI=1S/C18H25NO3/c1-18(2,13-7-4-3-5-8-13)12-11-16(20)19-15-10-6-9-14(15)17(21)22/h3-5,7-8,14-15H,6,9-12H2,1-2H3,(H,19,20)(H,21,22)/t14-,15+/m0/s1. The molecule has 2 atom stereocenters. The summed E-state index contributed by atoms with van der Waals surface area (Å²) in [5, 5.41) is 12.1. The summed E-state index contributed by atoms with van der Waals surface area (Å²) in [7, 11) is 0. The predicted molar refractivity (Wildman–Crippen MR) is 85.6 cm³/mol. The smallest absolute Gasteiger partial charge is 0.308 e. The zero-order valence-electron chi connectivity index (χ0n) is 13.3. The number of amides is 1. The molecule has 1 aliphatic carbocycles. The summed E-state index contributed by atoms with van der Waals surface area (Å²) in [6.45, 7) is 4.26. The van der Waals surface area contributed by atoms with Gasteiger partial charge in [0, 0.05) is 12.5 Å². The first kappa shape index (κ1) is 16.5. The number of hydrogen-bond acceptors (Lipinski definition) is 2. The molecule has 0 bridgehead atoms. The van der Waals surface area contributed by atoms with Crippen LogP contribution >= 0.6 is 0 Å². The Morgan fingerprint density at radius 3 is 2.55 bits per heavy atom. The predicted octanol–water partition coefficient (Wildman–Crippen LogP) is 3.11. The third-order valence-corrected chi connectivity index (χ3v) is 4.71. The van der Waals surface area contributed by atoms with Gasteiger partial charge >= 0.3 is 5.97 Å². The highest BCUT2D eigenvalue weighted by Gasteiger charge is 2.34. The molecule has 1 aromatic carbocycles. The molecule has 1 amide bonds. The van der Waals surface area contributed by atoms with Crippen molar-refractivity contribution < 1.29 is 14.7 Å². The Morgan fingerprint density at radius 2 is 1.91 bits per heavy atom. The van der Waals surface area contributed by atoms with E-state index in [9.17, 15) is 9.59 Å². The molecule has 0 saturated heterocycles. The summed E-state index contributed by atoms with van der Waals surface area (Å²) in [6.07, 6.45) is 3.47. The number of carbonyl (C=O) groups excluding carboxylic acids is 1. The number of nitrogens with one attached hydrogen (secondary N) is 1. The van der Waals surface area contributed by atoms with Crippen LogP contribution in [0.4, 0.5) is 0 Å². The number of hydrogen-bond donors (Lipinski definition) is 2. The molecular weight excluding hydrogens is 278 g/mol. The van der Waals surface area contributed by atoms with Gasteiger partial charge in [0.05, 0.1) is 5.92 Å². The number of aliphatic carboxylic acids is 1. The van der Waals surface area contributed by atoms with Gasteiger partial charge in [-0.1, -0.05) is 50.6 Å². The van der Waals surface area contributed by atoms with E-state index in [1.165, 1.54) is 5.56 Å². The first-order chi connectivity index (χ1) is 10.4. The lowest BCUT2D eigenvalue weighted by Crippen LogP contribution is -2.40. The highest BCUT2D eigenvalue weighted by Crippen LogP contribution is 2.29. The molecule has 22 heavy (non-hydrogen) atoms. The number of benzene rings is 1. The minimum atomic E-state index is -0.799. The van der Waals surface area contributed by atoms with Crippen molar-refractivity contribution in [1.82, 2.24) is 5.32 Å². The van der Waals surface area contributed by atoms with Crippen molar-refractivity contribution in [2.24, 2.45) is 5.92 Å². The van der Waals surface area contributed by atoms with Crippen LogP contribution in [0.15, 0.2) is 30.3 Å². The Morgan fingerprint density at radius 1 is 1.23 bits per heavy atom. The van der Waals surface area contributed by atoms with E-state index in [1.54, 1.807) is 0 Å². The van der Waals surface area contributed by atoms with Crippen molar-refractivity contribution in [3.8, 4) is 0 Å². The molecule has 0 unspecified atom stereocenters. The fraction of sp³-hybridized carbons (Fsp3) is 0.556. The van der Waals surface area contributed by atoms with Gasteiger partial charge in [-0.15, -0.1) is 0 Å². The number of carboxylic acids is 1. The molecule has 0 aliphatic heterocycles. The first-order valence-electron chi connectivity index (χ1n) is 7.98. The Bertz CT molecular complexity index is 524. The number of carboxylic acid groups (broad SMARTS) is 1. The number of carbonyl (C=O) groups is 2. The first-order valence-corrected chi connectivity index (χ1v) is 7.98. The van der Waals surface area contributed by atoms with Crippen LogP contribution in [0.3, 0.4) is 0 Å². The lowest BCUT2D eigenvalue weighted by Gasteiger charge is -2.25. The van der Waals surface area contributed by atoms with E-state index in [0.29, 0.717) is 12.8 Å². The molecule has 0 spiro atoms. The van der Waals surface area contributed by atoms with Gasteiger partial charge in [-0.2, -0.15) is 0 Å². The van der Waals surface area contributed by atoms with Gasteiger partial charge in [0.25, 0.3) is 0 Å². The molecule has 4 heteroatoms. The maximum absolute atomic E-state index is 12.1. The molecule has 1 aliphatic rings. The molecule has 0 aromatic heterocycles. The van der Waals surface area contributed by atoms with Crippen LogP contribution in [-0.2, 0) is 15.0 Å². The highest BCUT2D eigenvalue weighted by molar-refractivity contribution is 5.78. The van der Waals surface area contributed by atoms with Crippen LogP contribution in [-0.4, -0.2) is 23.0 Å². The van der Waals surface area contributed by atoms with E-state index >= 15 is 0 Å². The van der Waals surface area contributed by atoms with Gasteiger partial charge in [0.15, 0.2) is 0 Å². The molecule has 2 N–H and O–H groups in total. The zero-order chi connectivity index (χ0) is 16.2. The van der Waals surface area contributed by atoms with Crippen molar-refractivity contribution in [2.45, 2.75) is 57.4 Å². The van der Waals surface area contributed by atoms with E-state index in [4.69, 9.17) is 5.11 Å². The largest absolute Gasteiger partial charge is 0.481 e. The van der Waals surface area contributed by atoms with Crippen molar-refractivity contribution >= 4 is 11.9 Å². The topological polar surface area (TPSA) is 66.4 Å². The third-order valence-electron chi connectivity index (χ3n) is 4.71. The lowest BCUT2D eigenvalue weighted by atomic mass is 9.80. The highest BCUT2D eigenvalue weighted by atomic mass is 16.4. The van der Waals surface area contributed by atoms with Crippen molar-refractivity contribution in [1.29, 1.82) is 0 Å². The monoisotopic (exact) mass is 303 g/mol. The second kappa shape index (κ2) is 6.95. The van der Waals surface area contributed by atoms with Crippen molar-refractivity contribution in [3.05, 3.63) is 35.9 Å². The third kappa shape index (κ3) is 4.09. The van der Waals surface area contributed by atoms with E-state index in [1.807, 2.05) is 18.2 Å². The minimum Gasteiger partial charge on any atom is -0.481 e. The summed E-state index contributed by atoms with van der Waals surface area (Å²) in [5.74, 6) is -1.26. The zero-order valence-corrected chi connectivity index (χ0v) is 13.3. The van der Waals surface area contributed by atoms with Gasteiger partial charge in [0.2, 0.25) is 5.91 Å². The van der Waals surface area contributed by atoms with E-state index in [2.05, 4.69) is 31.3 Å². The van der Waals surface area contributed by atoms with Gasteiger partial charge in [0.1, 0.15) is 0 Å². The Hall–Kier alpha value is -1.84. The second-order valence-corrected chi connectivity index (χ2v) is 6.80. The molecular formula is C18H25NO3. The Labute approximate surface area is 131 Å². The molecule has 0 heterocycles. The summed E-state index contributed by atoms with van der Waals surface area (Å²) in [6, 6.07) is 9.95. The molecule has 2 rings (SSSR count). The van der Waals surface area contributed by atoms with Gasteiger partial charge in [-0.3, -0.25) is 9.59 Å². The van der Waals surface area contributed by atoms with Crippen molar-refractivity contribution in [3.63, 3.8) is 0 Å². The summed E-state index contributed by atoms with van der Waals surface area (Å²) < 4.78 is 0. The van der Waals surface area contributed by atoms with Crippen LogP contribution in [0.5, 0.6) is 0 Å². The van der Waals surface area contributed by atoms with Crippen LogP contribution in [0.2, 0.25) is 0 Å². The van der Waals surface area contributed by atoms with Gasteiger partial charge in [-0.25, -0.2) is 0 Å². The van der Waals surface area contributed by atoms with Gasteiger partial charge in [-0.05, 0) is 30.2 Å². The van der Waals surface area contributed by atoms with Crippen LogP contribution < -0.4 is 5.32 Å². The fourth-order valence-corrected chi connectivity index (χ4v) is 3.17. The normalized spacial score (nSPS) is 21.5. The minimum absolute atomic E-state index is 0.0397. The molecule has 1 fully saturated rings. The molecule has 120 valence electrons. The molecule has 1 saturated carbocycles. The van der Waals surface area contributed by atoms with Crippen LogP contribution in [0.25, 0.3) is 0 Å². The van der Waals surface area contributed by atoms with Gasteiger partial charge < -0.3 is 10.4 Å². The van der Waals surface area contributed by atoms with Crippen molar-refractivity contribution in [2.75, 3.05) is 0 Å². The van der Waals surface area contributed by atoms with Crippen LogP contribution in [0.1, 0.15) is 51.5 Å². The average Bonchev–Trinajstić information content (AvgIpc) is 2.94. The Balaban J connectivity index is 1.86. The maximum Gasteiger partial charge on any atom is 0.308 e. The average molecular weight is 303 g/mol. The number of rotatable bonds is 6. The van der Waals surface area contributed by atoms with Crippen LogP contribution in [0, 0.1) is 5.92 Å². The summed E-state index contributed by atoms with van der Waals surface area (Å²) >= 11 is 0. The summed E-state index contributed by atoms with van der Waals surface area (Å²) in [5.41, 5.74) is 1.15. The molecule has 4 nitrogen and oxygen atoms in total. The maximum atomic E-state index is 12.1. The lowest BCUT2D eigenvalue weighted by molar-refractivity contribution is -0.142. The fourth-order valence-electron chi connectivity index (χ4n) is 3.17. The molecule has 0 radical (unpaired) electrons. The van der Waals surface area contributed by atoms with E-state index in [0.717, 1.165) is 19.3 Å². The van der Waals surface area contributed by atoms with E-state index in [-0.39, 0.29) is 17.4 Å². The second-order valence-electron chi connectivity index (χ2n) is 6.80. The van der Waals surface area contributed by atoms with E-state index < -0.39 is 11.9 Å². The Kier molecular flexibility index (Phi) is 5.22.